The minimum absolute atomic E-state index is 0.290. The second-order valence-corrected chi connectivity index (χ2v) is 3.86. The van der Waals surface area contributed by atoms with Crippen molar-refractivity contribution >= 4 is 0 Å². The van der Waals surface area contributed by atoms with E-state index < -0.39 is 11.9 Å². The van der Waals surface area contributed by atoms with E-state index >= 15 is 0 Å². The number of nitrogens with zero attached hydrogens (tertiary/aromatic N) is 1. The first kappa shape index (κ1) is 13.4. The van der Waals surface area contributed by atoms with Gasteiger partial charge in [0.25, 0.3) is 0 Å². The van der Waals surface area contributed by atoms with Crippen LogP contribution in [0.25, 0.3) is 11.3 Å². The number of aromatic nitrogens is 1. The lowest BCUT2D eigenvalue weighted by atomic mass is 10.1. The summed E-state index contributed by atoms with van der Waals surface area (Å²) >= 11 is 0. The topological polar surface area (TPSA) is 22.1 Å². The smallest absolute Gasteiger partial charge is 0.433 e. The van der Waals surface area contributed by atoms with Crippen LogP contribution in [0.2, 0.25) is 0 Å². The molecule has 5 heteroatoms. The van der Waals surface area contributed by atoms with Gasteiger partial charge in [-0.3, -0.25) is 0 Å². The van der Waals surface area contributed by atoms with Gasteiger partial charge in [-0.05, 0) is 43.3 Å². The van der Waals surface area contributed by atoms with Gasteiger partial charge in [-0.25, -0.2) is 4.98 Å². The van der Waals surface area contributed by atoms with Crippen molar-refractivity contribution in [3.05, 3.63) is 48.2 Å². The van der Waals surface area contributed by atoms with Gasteiger partial charge >= 0.3 is 6.18 Å². The molecule has 0 unspecified atom stereocenters. The van der Waals surface area contributed by atoms with Gasteiger partial charge in [-0.2, -0.15) is 13.2 Å². The molecule has 0 radical (unpaired) electrons. The van der Waals surface area contributed by atoms with Crippen molar-refractivity contribution in [2.75, 3.05) is 6.61 Å². The molecule has 100 valence electrons. The van der Waals surface area contributed by atoms with Crippen LogP contribution in [0.5, 0.6) is 5.75 Å². The highest BCUT2D eigenvalue weighted by atomic mass is 19.4. The number of pyridine rings is 1. The summed E-state index contributed by atoms with van der Waals surface area (Å²) in [5, 5.41) is 0. The van der Waals surface area contributed by atoms with E-state index in [1.165, 1.54) is 6.07 Å². The molecule has 2 rings (SSSR count). The number of ether oxygens (including phenoxy) is 1. The molecule has 0 atom stereocenters. The predicted molar refractivity (Wildman–Crippen MR) is 65.8 cm³/mol. The normalized spacial score (nSPS) is 11.4. The van der Waals surface area contributed by atoms with Crippen molar-refractivity contribution in [1.29, 1.82) is 0 Å². The van der Waals surface area contributed by atoms with Crippen molar-refractivity contribution in [2.45, 2.75) is 13.1 Å². The van der Waals surface area contributed by atoms with E-state index in [0.717, 1.165) is 6.07 Å². The van der Waals surface area contributed by atoms with Crippen LogP contribution < -0.4 is 4.74 Å². The van der Waals surface area contributed by atoms with Crippen LogP contribution in [0.1, 0.15) is 12.6 Å². The number of benzene rings is 1. The largest absolute Gasteiger partial charge is 0.494 e. The average molecular weight is 267 g/mol. The van der Waals surface area contributed by atoms with E-state index in [0.29, 0.717) is 17.9 Å². The molecule has 0 aliphatic heterocycles. The van der Waals surface area contributed by atoms with Crippen LogP contribution >= 0.6 is 0 Å². The fraction of sp³-hybridized carbons (Fsp3) is 0.214. The van der Waals surface area contributed by atoms with Gasteiger partial charge < -0.3 is 4.74 Å². The van der Waals surface area contributed by atoms with Crippen molar-refractivity contribution in [3.8, 4) is 17.0 Å². The van der Waals surface area contributed by atoms with Gasteiger partial charge in [0.05, 0.1) is 12.3 Å². The molecule has 19 heavy (non-hydrogen) atoms. The Balaban J connectivity index is 2.31. The first-order chi connectivity index (χ1) is 9.00. The number of halogens is 3. The minimum atomic E-state index is -4.43. The summed E-state index contributed by atoms with van der Waals surface area (Å²) in [5.74, 6) is 0.679. The van der Waals surface area contributed by atoms with Crippen LogP contribution in [-0.2, 0) is 6.18 Å². The number of hydrogen-bond acceptors (Lipinski definition) is 2. The summed E-state index contributed by atoms with van der Waals surface area (Å²) < 4.78 is 43.0. The summed E-state index contributed by atoms with van der Waals surface area (Å²) in [7, 11) is 0. The fourth-order valence-corrected chi connectivity index (χ4v) is 1.64. The zero-order chi connectivity index (χ0) is 13.9. The molecule has 0 spiro atoms. The molecule has 1 heterocycles. The SMILES string of the molecule is CCOc1ccc(-c2cccc(C(F)(F)F)n2)cc1. The fourth-order valence-electron chi connectivity index (χ4n) is 1.64. The Morgan fingerprint density at radius 2 is 1.74 bits per heavy atom. The second-order valence-electron chi connectivity index (χ2n) is 3.86. The lowest BCUT2D eigenvalue weighted by Gasteiger charge is -2.08. The van der Waals surface area contributed by atoms with Gasteiger partial charge in [0.2, 0.25) is 0 Å². The first-order valence-electron chi connectivity index (χ1n) is 5.78. The van der Waals surface area contributed by atoms with E-state index in [1.54, 1.807) is 30.3 Å². The predicted octanol–water partition coefficient (Wildman–Crippen LogP) is 4.17. The van der Waals surface area contributed by atoms with Gasteiger partial charge in [0.15, 0.2) is 0 Å². The molecule has 0 N–H and O–H groups in total. The Kier molecular flexibility index (Phi) is 3.74. The van der Waals surface area contributed by atoms with Gasteiger partial charge in [0, 0.05) is 5.56 Å². The minimum Gasteiger partial charge on any atom is -0.494 e. The molecule has 2 nitrogen and oxygen atoms in total. The average Bonchev–Trinajstić information content (AvgIpc) is 2.39. The Morgan fingerprint density at radius 1 is 1.05 bits per heavy atom. The molecule has 0 amide bonds. The third-order valence-electron chi connectivity index (χ3n) is 2.50. The number of alkyl halides is 3. The summed E-state index contributed by atoms with van der Waals surface area (Å²) in [5.41, 5.74) is 0.0197. The zero-order valence-corrected chi connectivity index (χ0v) is 10.2. The van der Waals surface area contributed by atoms with E-state index in [4.69, 9.17) is 4.74 Å². The lowest BCUT2D eigenvalue weighted by Crippen LogP contribution is -2.07. The van der Waals surface area contributed by atoms with Crippen molar-refractivity contribution in [1.82, 2.24) is 4.98 Å². The summed E-state index contributed by atoms with van der Waals surface area (Å²) in [4.78, 5) is 3.62. The summed E-state index contributed by atoms with van der Waals surface area (Å²) in [6.07, 6.45) is -4.43. The summed E-state index contributed by atoms with van der Waals surface area (Å²) in [6, 6.07) is 10.6. The van der Waals surface area contributed by atoms with Crippen LogP contribution in [0.15, 0.2) is 42.5 Å². The van der Waals surface area contributed by atoms with E-state index in [9.17, 15) is 13.2 Å². The Labute approximate surface area is 108 Å². The van der Waals surface area contributed by atoms with Gasteiger partial charge in [0.1, 0.15) is 11.4 Å². The molecule has 0 saturated heterocycles. The van der Waals surface area contributed by atoms with Crippen LogP contribution in [-0.4, -0.2) is 11.6 Å². The quantitative estimate of drug-likeness (QED) is 0.832. The molecule has 0 fully saturated rings. The lowest BCUT2D eigenvalue weighted by molar-refractivity contribution is -0.141. The molecule has 0 aliphatic carbocycles. The standard InChI is InChI=1S/C14H12F3NO/c1-2-19-11-8-6-10(7-9-11)12-4-3-5-13(18-12)14(15,16)17/h3-9H,2H2,1H3. The van der Waals surface area contributed by atoms with Crippen LogP contribution in [0, 0.1) is 0 Å². The van der Waals surface area contributed by atoms with Crippen LogP contribution in [0.3, 0.4) is 0 Å². The summed E-state index contributed by atoms with van der Waals surface area (Å²) in [6.45, 7) is 2.41. The van der Waals surface area contributed by atoms with Crippen molar-refractivity contribution in [2.24, 2.45) is 0 Å². The van der Waals surface area contributed by atoms with E-state index in [-0.39, 0.29) is 5.69 Å². The molecule has 0 bridgehead atoms. The molecular weight excluding hydrogens is 255 g/mol. The second kappa shape index (κ2) is 5.30. The highest BCUT2D eigenvalue weighted by molar-refractivity contribution is 5.60. The molecule has 2 aromatic rings. The molecule has 0 aliphatic rings. The number of rotatable bonds is 3. The maximum Gasteiger partial charge on any atom is 0.433 e. The Hall–Kier alpha value is -2.04. The van der Waals surface area contributed by atoms with Crippen molar-refractivity contribution < 1.29 is 17.9 Å². The highest BCUT2D eigenvalue weighted by Crippen LogP contribution is 2.29. The number of hydrogen-bond donors (Lipinski definition) is 0. The Morgan fingerprint density at radius 3 is 2.32 bits per heavy atom. The van der Waals surface area contributed by atoms with Gasteiger partial charge in [-0.15, -0.1) is 0 Å². The monoisotopic (exact) mass is 267 g/mol. The van der Waals surface area contributed by atoms with Gasteiger partial charge in [-0.1, -0.05) is 6.07 Å². The van der Waals surface area contributed by atoms with Crippen LogP contribution in [0.4, 0.5) is 13.2 Å². The molecular formula is C14H12F3NO. The first-order valence-corrected chi connectivity index (χ1v) is 5.78. The molecule has 1 aromatic heterocycles. The maximum atomic E-state index is 12.6. The molecule has 0 saturated carbocycles. The Bertz CT molecular complexity index is 549. The third-order valence-corrected chi connectivity index (χ3v) is 2.50. The molecule has 1 aromatic carbocycles. The maximum absolute atomic E-state index is 12.6. The zero-order valence-electron chi connectivity index (χ0n) is 10.2. The van der Waals surface area contributed by atoms with E-state index in [2.05, 4.69) is 4.98 Å². The van der Waals surface area contributed by atoms with E-state index in [1.807, 2.05) is 6.92 Å². The van der Waals surface area contributed by atoms with Crippen molar-refractivity contribution in [3.63, 3.8) is 0 Å². The highest BCUT2D eigenvalue weighted by Gasteiger charge is 2.32. The third kappa shape index (κ3) is 3.24.